The molecule has 33 heavy (non-hydrogen) atoms. The maximum atomic E-state index is 13.1. The van der Waals surface area contributed by atoms with Crippen molar-refractivity contribution in [2.45, 2.75) is 11.8 Å². The lowest BCUT2D eigenvalue weighted by molar-refractivity contribution is -0.135. The first-order chi connectivity index (χ1) is 15.8. The molecule has 1 heterocycles. The van der Waals surface area contributed by atoms with Crippen molar-refractivity contribution in [1.29, 1.82) is 0 Å². The van der Waals surface area contributed by atoms with Crippen LogP contribution in [-0.2, 0) is 19.6 Å². The third-order valence-electron chi connectivity index (χ3n) is 5.65. The van der Waals surface area contributed by atoms with E-state index in [1.165, 1.54) is 21.3 Å². The van der Waals surface area contributed by atoms with Gasteiger partial charge in [0.2, 0.25) is 10.0 Å². The minimum Gasteiger partial charge on any atom is -0.507 e. The molecule has 1 aliphatic rings. The minimum absolute atomic E-state index is 0.00547. The van der Waals surface area contributed by atoms with Gasteiger partial charge in [-0.15, -0.1) is 0 Å². The Balaban J connectivity index is 1.35. The van der Waals surface area contributed by atoms with Crippen molar-refractivity contribution in [2.75, 3.05) is 32.8 Å². The van der Waals surface area contributed by atoms with Crippen LogP contribution in [0.3, 0.4) is 0 Å². The molecule has 0 spiro atoms. The number of benzene rings is 3. The van der Waals surface area contributed by atoms with Crippen LogP contribution in [0.2, 0.25) is 0 Å². The van der Waals surface area contributed by atoms with Crippen molar-refractivity contribution in [3.63, 3.8) is 0 Å². The van der Waals surface area contributed by atoms with Crippen molar-refractivity contribution >= 4 is 32.7 Å². The van der Waals surface area contributed by atoms with Crippen LogP contribution in [0.15, 0.2) is 65.6 Å². The van der Waals surface area contributed by atoms with E-state index in [0.29, 0.717) is 0 Å². The van der Waals surface area contributed by atoms with Crippen molar-refractivity contribution in [1.82, 2.24) is 9.21 Å². The van der Waals surface area contributed by atoms with Gasteiger partial charge in [-0.05, 0) is 42.0 Å². The summed E-state index contributed by atoms with van der Waals surface area (Å²) in [6, 6.07) is 17.1. The third-order valence-corrected chi connectivity index (χ3v) is 7.54. The molecule has 172 valence electrons. The lowest BCUT2D eigenvalue weighted by Crippen LogP contribution is -2.51. The second-order valence-corrected chi connectivity index (χ2v) is 9.83. The average Bonchev–Trinajstić information content (AvgIpc) is 2.83. The number of aryl methyl sites for hydroxylation is 1. The van der Waals surface area contributed by atoms with E-state index in [9.17, 15) is 23.1 Å². The largest absolute Gasteiger partial charge is 0.507 e. The quantitative estimate of drug-likeness (QED) is 0.577. The topological polar surface area (TPSA) is 104 Å². The Morgan fingerprint density at radius 3 is 2.36 bits per heavy atom. The number of hydrogen-bond acceptors (Lipinski definition) is 6. The van der Waals surface area contributed by atoms with E-state index >= 15 is 0 Å². The van der Waals surface area contributed by atoms with E-state index in [2.05, 4.69) is 0 Å². The fourth-order valence-corrected chi connectivity index (χ4v) is 5.22. The number of carbonyl (C=O) groups is 2. The van der Waals surface area contributed by atoms with E-state index in [1.54, 1.807) is 31.2 Å². The lowest BCUT2D eigenvalue weighted by atomic mass is 10.1. The fourth-order valence-electron chi connectivity index (χ4n) is 3.76. The molecule has 0 radical (unpaired) electrons. The first-order valence-corrected chi connectivity index (χ1v) is 11.9. The van der Waals surface area contributed by atoms with Gasteiger partial charge in [0, 0.05) is 26.2 Å². The number of phenols is 1. The molecule has 8 nitrogen and oxygen atoms in total. The molecule has 9 heteroatoms. The number of aromatic hydroxyl groups is 1. The summed E-state index contributed by atoms with van der Waals surface area (Å²) < 4.78 is 32.6. The summed E-state index contributed by atoms with van der Waals surface area (Å²) in [5.41, 5.74) is 0.768. The van der Waals surface area contributed by atoms with Crippen LogP contribution in [0.25, 0.3) is 10.8 Å². The SMILES string of the molecule is Cc1ccc(O)c(C(=O)OCC(=O)N2CCN(S(=O)(=O)c3ccc4ccccc4c3)CC2)c1. The van der Waals surface area contributed by atoms with Gasteiger partial charge in [-0.2, -0.15) is 4.31 Å². The van der Waals surface area contributed by atoms with Crippen molar-refractivity contribution in [3.8, 4) is 5.75 Å². The van der Waals surface area contributed by atoms with E-state index in [0.717, 1.165) is 16.3 Å². The second kappa shape index (κ2) is 9.21. The van der Waals surface area contributed by atoms with Gasteiger partial charge in [-0.25, -0.2) is 13.2 Å². The molecule has 0 bridgehead atoms. The summed E-state index contributed by atoms with van der Waals surface area (Å²) in [4.78, 5) is 26.4. The highest BCUT2D eigenvalue weighted by atomic mass is 32.2. The number of rotatable bonds is 5. The first-order valence-electron chi connectivity index (χ1n) is 10.5. The Morgan fingerprint density at radius 1 is 0.939 bits per heavy atom. The van der Waals surface area contributed by atoms with Crippen molar-refractivity contribution in [2.24, 2.45) is 0 Å². The Bertz CT molecular complexity index is 1310. The summed E-state index contributed by atoms with van der Waals surface area (Å²) >= 11 is 0. The number of sulfonamides is 1. The van der Waals surface area contributed by atoms with E-state index < -0.39 is 28.5 Å². The first kappa shape index (κ1) is 22.8. The van der Waals surface area contributed by atoms with Crippen LogP contribution in [0.5, 0.6) is 5.75 Å². The predicted octanol–water partition coefficient (Wildman–Crippen LogP) is 2.54. The van der Waals surface area contributed by atoms with Crippen LogP contribution in [0.4, 0.5) is 0 Å². The number of nitrogens with zero attached hydrogens (tertiary/aromatic N) is 2. The maximum Gasteiger partial charge on any atom is 0.342 e. The predicted molar refractivity (Wildman–Crippen MR) is 122 cm³/mol. The van der Waals surface area contributed by atoms with Gasteiger partial charge in [-0.3, -0.25) is 4.79 Å². The third kappa shape index (κ3) is 4.84. The highest BCUT2D eigenvalue weighted by molar-refractivity contribution is 7.89. The zero-order valence-corrected chi connectivity index (χ0v) is 18.9. The lowest BCUT2D eigenvalue weighted by Gasteiger charge is -2.33. The van der Waals surface area contributed by atoms with Crippen molar-refractivity contribution < 1.29 is 27.9 Å². The maximum absolute atomic E-state index is 13.1. The van der Waals surface area contributed by atoms with Crippen LogP contribution in [-0.4, -0.2) is 67.4 Å². The molecular weight excluding hydrogens is 444 g/mol. The van der Waals surface area contributed by atoms with Gasteiger partial charge in [0.25, 0.3) is 5.91 Å². The Hall–Kier alpha value is -3.43. The number of amides is 1. The molecule has 1 amide bonds. The molecule has 1 saturated heterocycles. The van der Waals surface area contributed by atoms with E-state index in [1.807, 2.05) is 24.3 Å². The van der Waals surface area contributed by atoms with Gasteiger partial charge in [-0.1, -0.05) is 42.0 Å². The highest BCUT2D eigenvalue weighted by Crippen LogP contribution is 2.23. The smallest absolute Gasteiger partial charge is 0.342 e. The summed E-state index contributed by atoms with van der Waals surface area (Å²) in [5, 5.41) is 11.6. The zero-order valence-electron chi connectivity index (χ0n) is 18.1. The van der Waals surface area contributed by atoms with Crippen LogP contribution < -0.4 is 0 Å². The van der Waals surface area contributed by atoms with Crippen LogP contribution in [0, 0.1) is 6.92 Å². The van der Waals surface area contributed by atoms with E-state index in [4.69, 9.17) is 4.74 Å². The van der Waals surface area contributed by atoms with Gasteiger partial charge < -0.3 is 14.7 Å². The minimum atomic E-state index is -3.69. The normalized spacial score (nSPS) is 14.9. The molecule has 0 aliphatic carbocycles. The van der Waals surface area contributed by atoms with E-state index in [-0.39, 0.29) is 42.4 Å². The standard InChI is InChI=1S/C24H24N2O6S/c1-17-6-9-22(27)21(14-17)24(29)32-16-23(28)25-10-12-26(13-11-25)33(30,31)20-8-7-18-4-2-3-5-19(18)15-20/h2-9,14-15,27H,10-13,16H2,1H3. The average molecular weight is 469 g/mol. The molecular formula is C24H24N2O6S. The number of ether oxygens (including phenoxy) is 1. The Labute approximate surface area is 192 Å². The fraction of sp³-hybridized carbons (Fsp3) is 0.250. The zero-order chi connectivity index (χ0) is 23.6. The molecule has 4 rings (SSSR count). The Morgan fingerprint density at radius 2 is 1.64 bits per heavy atom. The highest BCUT2D eigenvalue weighted by Gasteiger charge is 2.30. The molecule has 3 aromatic carbocycles. The summed E-state index contributed by atoms with van der Waals surface area (Å²) in [5.74, 6) is -1.43. The van der Waals surface area contributed by atoms with Crippen molar-refractivity contribution in [3.05, 3.63) is 71.8 Å². The number of esters is 1. The van der Waals surface area contributed by atoms with Crippen LogP contribution in [0.1, 0.15) is 15.9 Å². The summed E-state index contributed by atoms with van der Waals surface area (Å²) in [7, 11) is -3.69. The molecule has 0 aromatic heterocycles. The van der Waals surface area contributed by atoms with Gasteiger partial charge >= 0.3 is 5.97 Å². The number of phenolic OH excluding ortho intramolecular Hbond substituents is 1. The molecule has 1 aliphatic heterocycles. The summed E-state index contributed by atoms with van der Waals surface area (Å²) in [6.45, 7) is 1.97. The second-order valence-electron chi connectivity index (χ2n) is 7.89. The number of carbonyl (C=O) groups excluding carboxylic acids is 2. The summed E-state index contributed by atoms with van der Waals surface area (Å²) in [6.07, 6.45) is 0. The van der Waals surface area contributed by atoms with Gasteiger partial charge in [0.15, 0.2) is 6.61 Å². The van der Waals surface area contributed by atoms with Crippen LogP contribution >= 0.6 is 0 Å². The number of piperazine rings is 1. The molecule has 0 atom stereocenters. The van der Waals surface area contributed by atoms with Gasteiger partial charge in [0.05, 0.1) is 4.90 Å². The Kier molecular flexibility index (Phi) is 6.35. The number of hydrogen-bond donors (Lipinski definition) is 1. The number of fused-ring (bicyclic) bond motifs is 1. The molecule has 0 unspecified atom stereocenters. The monoisotopic (exact) mass is 468 g/mol. The molecule has 1 N–H and O–H groups in total. The molecule has 0 saturated carbocycles. The molecule has 1 fully saturated rings. The molecule has 3 aromatic rings. The van der Waals surface area contributed by atoms with Gasteiger partial charge in [0.1, 0.15) is 11.3 Å².